The summed E-state index contributed by atoms with van der Waals surface area (Å²) in [5.74, 6) is 0.758. The maximum Gasteiger partial charge on any atom is 0.260 e. The second-order valence-corrected chi connectivity index (χ2v) is 7.22. The van der Waals surface area contributed by atoms with E-state index in [1.807, 2.05) is 38.2 Å². The van der Waals surface area contributed by atoms with Crippen molar-refractivity contribution < 1.29 is 13.7 Å². The summed E-state index contributed by atoms with van der Waals surface area (Å²) in [5, 5.41) is 2.78. The van der Waals surface area contributed by atoms with Gasteiger partial charge in [-0.3, -0.25) is 0 Å². The van der Waals surface area contributed by atoms with Gasteiger partial charge in [0, 0.05) is 11.5 Å². The summed E-state index contributed by atoms with van der Waals surface area (Å²) in [4.78, 5) is 0. The zero-order valence-electron chi connectivity index (χ0n) is 15.3. The predicted octanol–water partition coefficient (Wildman–Crippen LogP) is 5.65. The lowest BCUT2D eigenvalue weighted by atomic mass is 9.89. The zero-order chi connectivity index (χ0) is 18.2. The van der Waals surface area contributed by atoms with Gasteiger partial charge in [-0.1, -0.05) is 24.3 Å². The van der Waals surface area contributed by atoms with Crippen LogP contribution in [0.1, 0.15) is 16.7 Å². The lowest BCUT2D eigenvalue weighted by Crippen LogP contribution is -2.34. The van der Waals surface area contributed by atoms with E-state index in [2.05, 4.69) is 30.5 Å². The average molecular weight is 344 g/mol. The maximum absolute atomic E-state index is 15.4. The Kier molecular flexibility index (Phi) is 2.97. The Hall–Kier alpha value is -2.94. The van der Waals surface area contributed by atoms with Gasteiger partial charge >= 0.3 is 0 Å². The third-order valence-corrected chi connectivity index (χ3v) is 5.57. The molecule has 2 nitrogen and oxygen atoms in total. The van der Waals surface area contributed by atoms with Gasteiger partial charge in [-0.15, -0.1) is 0 Å². The maximum atomic E-state index is 15.4. The van der Waals surface area contributed by atoms with Crippen molar-refractivity contribution in [2.45, 2.75) is 20.8 Å². The number of benzene rings is 3. The molecule has 0 amide bonds. The molecule has 26 heavy (non-hydrogen) atoms. The Morgan fingerprint density at radius 3 is 2.58 bits per heavy atom. The molecule has 2 heterocycles. The van der Waals surface area contributed by atoms with E-state index in [-0.39, 0.29) is 5.82 Å². The largest absolute Gasteiger partial charge is 0.447 e. The van der Waals surface area contributed by atoms with E-state index in [4.69, 9.17) is 4.74 Å². The lowest BCUT2D eigenvalue weighted by molar-refractivity contribution is -0.634. The molecule has 0 N–H and O–H groups in total. The fourth-order valence-electron chi connectivity index (χ4n) is 4.20. The fourth-order valence-corrected chi connectivity index (χ4v) is 4.20. The molecule has 0 unspecified atom stereocenters. The first-order valence-electron chi connectivity index (χ1n) is 8.80. The molecular formula is C23H19FNO+. The molecule has 1 aromatic heterocycles. The van der Waals surface area contributed by atoms with Gasteiger partial charge in [-0.05, 0) is 55.0 Å². The molecule has 0 atom stereocenters. The first kappa shape index (κ1) is 15.3. The van der Waals surface area contributed by atoms with Crippen LogP contribution in [0, 0.1) is 26.6 Å². The highest BCUT2D eigenvalue weighted by Crippen LogP contribution is 2.49. The number of aromatic nitrogens is 1. The van der Waals surface area contributed by atoms with Crippen LogP contribution in [-0.2, 0) is 7.05 Å². The number of halogens is 1. The number of hydrogen-bond acceptors (Lipinski definition) is 1. The minimum absolute atomic E-state index is 0.296. The van der Waals surface area contributed by atoms with Crippen LogP contribution in [0.4, 0.5) is 4.39 Å². The highest BCUT2D eigenvalue weighted by atomic mass is 19.1. The Labute approximate surface area is 151 Å². The minimum atomic E-state index is -0.296. The molecule has 1 aliphatic rings. The number of para-hydroxylation sites is 1. The normalized spacial score (nSPS) is 12.3. The molecule has 0 bridgehead atoms. The first-order valence-corrected chi connectivity index (χ1v) is 8.80. The molecule has 3 heteroatoms. The van der Waals surface area contributed by atoms with Crippen LogP contribution < -0.4 is 9.30 Å². The van der Waals surface area contributed by atoms with Crippen LogP contribution in [0.5, 0.6) is 11.5 Å². The Morgan fingerprint density at radius 1 is 1.00 bits per heavy atom. The van der Waals surface area contributed by atoms with Crippen LogP contribution >= 0.6 is 0 Å². The highest BCUT2D eigenvalue weighted by molar-refractivity contribution is 6.05. The molecule has 0 aliphatic carbocycles. The number of pyridine rings is 1. The monoisotopic (exact) mass is 344 g/mol. The summed E-state index contributed by atoms with van der Waals surface area (Å²) in [7, 11) is 1.98. The molecule has 0 spiro atoms. The third-order valence-electron chi connectivity index (χ3n) is 5.57. The van der Waals surface area contributed by atoms with Gasteiger partial charge in [0.2, 0.25) is 11.3 Å². The quantitative estimate of drug-likeness (QED) is 0.331. The van der Waals surface area contributed by atoms with Crippen LogP contribution in [0.15, 0.2) is 42.5 Å². The summed E-state index contributed by atoms with van der Waals surface area (Å²) in [6.07, 6.45) is 0. The van der Waals surface area contributed by atoms with Crippen molar-refractivity contribution in [3.8, 4) is 22.8 Å². The summed E-state index contributed by atoms with van der Waals surface area (Å²) < 4.78 is 23.6. The van der Waals surface area contributed by atoms with Crippen LogP contribution in [0.25, 0.3) is 32.9 Å². The lowest BCUT2D eigenvalue weighted by Gasteiger charge is -2.23. The number of fused-ring (bicyclic) bond motifs is 3. The molecule has 5 rings (SSSR count). The van der Waals surface area contributed by atoms with E-state index in [0.717, 1.165) is 44.4 Å². The van der Waals surface area contributed by atoms with Crippen molar-refractivity contribution in [3.05, 3.63) is 65.0 Å². The van der Waals surface area contributed by atoms with Gasteiger partial charge in [0.1, 0.15) is 12.8 Å². The van der Waals surface area contributed by atoms with E-state index in [1.54, 1.807) is 6.07 Å². The van der Waals surface area contributed by atoms with Crippen LogP contribution in [0.3, 0.4) is 0 Å². The molecule has 128 valence electrons. The smallest absolute Gasteiger partial charge is 0.260 e. The molecule has 1 aliphatic heterocycles. The predicted molar refractivity (Wildman–Crippen MR) is 102 cm³/mol. The Morgan fingerprint density at radius 2 is 1.77 bits per heavy atom. The summed E-state index contributed by atoms with van der Waals surface area (Å²) in [6.45, 7) is 6.26. The Balaban J connectivity index is 2.06. The molecule has 4 aromatic rings. The average Bonchev–Trinajstić information content (AvgIpc) is 2.62. The molecule has 0 fully saturated rings. The number of nitrogens with zero attached hydrogens (tertiary/aromatic N) is 1. The van der Waals surface area contributed by atoms with Crippen molar-refractivity contribution >= 4 is 21.7 Å². The SMILES string of the molecule is Cc1cc2c3c(c(C)c(C)cc3c1)-c1c(c(F)c3ccccc3[n+]1C)O2. The van der Waals surface area contributed by atoms with E-state index in [0.29, 0.717) is 11.1 Å². The van der Waals surface area contributed by atoms with Gasteiger partial charge in [-0.2, -0.15) is 4.57 Å². The van der Waals surface area contributed by atoms with Crippen molar-refractivity contribution in [3.63, 3.8) is 0 Å². The van der Waals surface area contributed by atoms with Gasteiger partial charge in [0.15, 0.2) is 5.82 Å². The second-order valence-electron chi connectivity index (χ2n) is 7.22. The van der Waals surface area contributed by atoms with E-state index < -0.39 is 0 Å². The number of hydrogen-bond donors (Lipinski definition) is 0. The second kappa shape index (κ2) is 5.04. The first-order chi connectivity index (χ1) is 12.5. The van der Waals surface area contributed by atoms with Crippen molar-refractivity contribution in [1.29, 1.82) is 0 Å². The van der Waals surface area contributed by atoms with E-state index in [1.165, 1.54) is 5.56 Å². The summed E-state index contributed by atoms with van der Waals surface area (Å²) in [6, 6.07) is 13.9. The van der Waals surface area contributed by atoms with E-state index in [9.17, 15) is 0 Å². The molecule has 3 aromatic carbocycles. The van der Waals surface area contributed by atoms with Crippen molar-refractivity contribution in [2.75, 3.05) is 0 Å². The number of ether oxygens (including phenoxy) is 1. The third kappa shape index (κ3) is 1.83. The Bertz CT molecular complexity index is 1260. The van der Waals surface area contributed by atoms with E-state index >= 15 is 4.39 Å². The van der Waals surface area contributed by atoms with Gasteiger partial charge in [0.05, 0.1) is 10.9 Å². The number of rotatable bonds is 0. The van der Waals surface area contributed by atoms with Crippen molar-refractivity contribution in [1.82, 2.24) is 0 Å². The fraction of sp³-hybridized carbons (Fsp3) is 0.174. The summed E-state index contributed by atoms with van der Waals surface area (Å²) in [5.41, 5.74) is 6.21. The molecule has 0 radical (unpaired) electrons. The topological polar surface area (TPSA) is 13.1 Å². The molecular weight excluding hydrogens is 325 g/mol. The van der Waals surface area contributed by atoms with Crippen LogP contribution in [0.2, 0.25) is 0 Å². The van der Waals surface area contributed by atoms with Gasteiger partial charge in [0.25, 0.3) is 5.69 Å². The van der Waals surface area contributed by atoms with Gasteiger partial charge in [-0.25, -0.2) is 4.39 Å². The van der Waals surface area contributed by atoms with Crippen molar-refractivity contribution in [2.24, 2.45) is 7.05 Å². The zero-order valence-corrected chi connectivity index (χ0v) is 15.3. The molecule has 0 saturated carbocycles. The summed E-state index contributed by atoms with van der Waals surface area (Å²) >= 11 is 0. The minimum Gasteiger partial charge on any atom is -0.447 e. The molecule has 0 saturated heterocycles. The highest BCUT2D eigenvalue weighted by Gasteiger charge is 2.34. The number of aryl methyl sites for hydroxylation is 3. The van der Waals surface area contributed by atoms with Crippen LogP contribution in [-0.4, -0.2) is 0 Å². The van der Waals surface area contributed by atoms with Gasteiger partial charge < -0.3 is 4.74 Å². The standard InChI is InChI=1S/C23H19FNO/c1-12-9-15-11-13(2)14(3)19-20(15)18(10-12)26-23-21(24)16-7-5-6-8-17(16)25(4)22(19)23/h5-11H,1-4H3/q+1.